The molecule has 0 heterocycles. The number of aryl methyl sites for hydroxylation is 2. The Balaban J connectivity index is 2.72. The zero-order valence-electron chi connectivity index (χ0n) is 10.8. The molecular formula is C14H22ClN. The Kier molecular flexibility index (Phi) is 5.30. The normalized spacial score (nSPS) is 13.1. The quantitative estimate of drug-likeness (QED) is 0.704. The predicted molar refractivity (Wildman–Crippen MR) is 72.3 cm³/mol. The van der Waals surface area contributed by atoms with E-state index >= 15 is 0 Å². The SMILES string of the molecule is CCN(CC)CC(Cl)c1ccc(C)c(C)c1. The molecule has 16 heavy (non-hydrogen) atoms. The van der Waals surface area contributed by atoms with E-state index in [-0.39, 0.29) is 5.38 Å². The Labute approximate surface area is 104 Å². The summed E-state index contributed by atoms with van der Waals surface area (Å²) in [6.45, 7) is 11.7. The van der Waals surface area contributed by atoms with E-state index in [0.29, 0.717) is 0 Å². The first-order chi connectivity index (χ1) is 7.58. The summed E-state index contributed by atoms with van der Waals surface area (Å²) in [5.41, 5.74) is 3.88. The lowest BCUT2D eigenvalue weighted by Crippen LogP contribution is -2.26. The first-order valence-corrected chi connectivity index (χ1v) is 6.45. The first kappa shape index (κ1) is 13.5. The molecule has 0 saturated heterocycles. The minimum atomic E-state index is 0.0965. The molecule has 0 spiro atoms. The third kappa shape index (κ3) is 3.50. The van der Waals surface area contributed by atoms with E-state index in [0.717, 1.165) is 19.6 Å². The number of alkyl halides is 1. The molecule has 1 nitrogen and oxygen atoms in total. The van der Waals surface area contributed by atoms with Crippen LogP contribution in [0.3, 0.4) is 0 Å². The Morgan fingerprint density at radius 3 is 2.25 bits per heavy atom. The molecule has 0 amide bonds. The highest BCUT2D eigenvalue weighted by Crippen LogP contribution is 2.23. The molecule has 0 bridgehead atoms. The van der Waals surface area contributed by atoms with Crippen LogP contribution in [0.4, 0.5) is 0 Å². The molecule has 0 aliphatic heterocycles. The van der Waals surface area contributed by atoms with Gasteiger partial charge in [0.25, 0.3) is 0 Å². The molecular weight excluding hydrogens is 218 g/mol. The van der Waals surface area contributed by atoms with Gasteiger partial charge in [-0.1, -0.05) is 32.0 Å². The minimum absolute atomic E-state index is 0.0965. The lowest BCUT2D eigenvalue weighted by Gasteiger charge is -2.22. The van der Waals surface area contributed by atoms with Crippen molar-refractivity contribution in [2.75, 3.05) is 19.6 Å². The highest BCUT2D eigenvalue weighted by molar-refractivity contribution is 6.21. The Hall–Kier alpha value is -0.530. The lowest BCUT2D eigenvalue weighted by atomic mass is 10.0. The van der Waals surface area contributed by atoms with Gasteiger partial charge < -0.3 is 4.90 Å². The number of rotatable bonds is 5. The van der Waals surface area contributed by atoms with Crippen LogP contribution in [-0.4, -0.2) is 24.5 Å². The molecule has 1 aromatic carbocycles. The zero-order chi connectivity index (χ0) is 12.1. The van der Waals surface area contributed by atoms with E-state index in [1.807, 2.05) is 0 Å². The van der Waals surface area contributed by atoms with Gasteiger partial charge in [0, 0.05) is 6.54 Å². The monoisotopic (exact) mass is 239 g/mol. The number of hydrogen-bond acceptors (Lipinski definition) is 1. The fourth-order valence-corrected chi connectivity index (χ4v) is 2.10. The molecule has 2 heteroatoms. The van der Waals surface area contributed by atoms with Gasteiger partial charge in [0.15, 0.2) is 0 Å². The van der Waals surface area contributed by atoms with Gasteiger partial charge in [0.2, 0.25) is 0 Å². The maximum absolute atomic E-state index is 6.44. The van der Waals surface area contributed by atoms with Gasteiger partial charge in [-0.25, -0.2) is 0 Å². The first-order valence-electron chi connectivity index (χ1n) is 6.02. The van der Waals surface area contributed by atoms with E-state index in [2.05, 4.69) is 50.8 Å². The third-order valence-electron chi connectivity index (χ3n) is 3.21. The summed E-state index contributed by atoms with van der Waals surface area (Å²) < 4.78 is 0. The van der Waals surface area contributed by atoms with Crippen molar-refractivity contribution in [1.29, 1.82) is 0 Å². The Bertz CT molecular complexity index is 332. The van der Waals surface area contributed by atoms with Crippen molar-refractivity contribution in [3.05, 3.63) is 34.9 Å². The van der Waals surface area contributed by atoms with Crippen LogP contribution in [0.2, 0.25) is 0 Å². The van der Waals surface area contributed by atoms with Gasteiger partial charge in [-0.05, 0) is 43.6 Å². The van der Waals surface area contributed by atoms with Crippen LogP contribution in [0.25, 0.3) is 0 Å². The van der Waals surface area contributed by atoms with Crippen LogP contribution >= 0.6 is 11.6 Å². The van der Waals surface area contributed by atoms with E-state index < -0.39 is 0 Å². The second-order valence-electron chi connectivity index (χ2n) is 4.30. The summed E-state index contributed by atoms with van der Waals surface area (Å²) in [4.78, 5) is 2.35. The summed E-state index contributed by atoms with van der Waals surface area (Å²) in [6, 6.07) is 6.50. The van der Waals surface area contributed by atoms with E-state index in [1.54, 1.807) is 0 Å². The Morgan fingerprint density at radius 1 is 1.12 bits per heavy atom. The average Bonchev–Trinajstić information content (AvgIpc) is 2.29. The molecule has 0 saturated carbocycles. The maximum atomic E-state index is 6.44. The van der Waals surface area contributed by atoms with Crippen molar-refractivity contribution < 1.29 is 0 Å². The summed E-state index contributed by atoms with van der Waals surface area (Å²) in [5, 5.41) is 0.0965. The van der Waals surface area contributed by atoms with Crippen LogP contribution in [0.15, 0.2) is 18.2 Å². The van der Waals surface area contributed by atoms with E-state index in [9.17, 15) is 0 Å². The van der Waals surface area contributed by atoms with Gasteiger partial charge >= 0.3 is 0 Å². The summed E-state index contributed by atoms with van der Waals surface area (Å²) >= 11 is 6.44. The topological polar surface area (TPSA) is 3.24 Å². The molecule has 1 atom stereocenters. The van der Waals surface area contributed by atoms with Crippen LogP contribution in [0.5, 0.6) is 0 Å². The van der Waals surface area contributed by atoms with Crippen molar-refractivity contribution in [1.82, 2.24) is 4.90 Å². The fourth-order valence-electron chi connectivity index (χ4n) is 1.77. The maximum Gasteiger partial charge on any atom is 0.0712 e. The molecule has 1 aromatic rings. The van der Waals surface area contributed by atoms with Crippen LogP contribution in [0.1, 0.15) is 35.9 Å². The largest absolute Gasteiger partial charge is 0.302 e. The standard InChI is InChI=1S/C14H22ClN/c1-5-16(6-2)10-14(15)13-8-7-11(3)12(4)9-13/h7-9,14H,5-6,10H2,1-4H3. The molecule has 0 fully saturated rings. The summed E-state index contributed by atoms with van der Waals surface area (Å²) in [5.74, 6) is 0. The van der Waals surface area contributed by atoms with Gasteiger partial charge in [-0.2, -0.15) is 0 Å². The summed E-state index contributed by atoms with van der Waals surface area (Å²) in [6.07, 6.45) is 0. The molecule has 0 radical (unpaired) electrons. The number of hydrogen-bond donors (Lipinski definition) is 0. The van der Waals surface area contributed by atoms with Crippen molar-refractivity contribution in [2.24, 2.45) is 0 Å². The smallest absolute Gasteiger partial charge is 0.0712 e. The van der Waals surface area contributed by atoms with Gasteiger partial charge in [-0.15, -0.1) is 11.6 Å². The van der Waals surface area contributed by atoms with Gasteiger partial charge in [0.05, 0.1) is 5.38 Å². The van der Waals surface area contributed by atoms with Crippen molar-refractivity contribution in [3.63, 3.8) is 0 Å². The van der Waals surface area contributed by atoms with Crippen molar-refractivity contribution in [2.45, 2.75) is 33.1 Å². The van der Waals surface area contributed by atoms with Crippen molar-refractivity contribution >= 4 is 11.6 Å². The molecule has 0 aliphatic carbocycles. The molecule has 0 aromatic heterocycles. The van der Waals surface area contributed by atoms with Crippen LogP contribution in [-0.2, 0) is 0 Å². The second-order valence-corrected chi connectivity index (χ2v) is 4.82. The molecule has 0 N–H and O–H groups in total. The van der Waals surface area contributed by atoms with Gasteiger partial charge in [-0.3, -0.25) is 0 Å². The van der Waals surface area contributed by atoms with Gasteiger partial charge in [0.1, 0.15) is 0 Å². The number of likely N-dealkylation sites (N-methyl/N-ethyl adjacent to an activating group) is 1. The van der Waals surface area contributed by atoms with Crippen LogP contribution in [0, 0.1) is 13.8 Å². The fraction of sp³-hybridized carbons (Fsp3) is 0.571. The zero-order valence-corrected chi connectivity index (χ0v) is 11.5. The van der Waals surface area contributed by atoms with Crippen molar-refractivity contribution in [3.8, 4) is 0 Å². The minimum Gasteiger partial charge on any atom is -0.302 e. The highest BCUT2D eigenvalue weighted by atomic mass is 35.5. The second kappa shape index (κ2) is 6.27. The highest BCUT2D eigenvalue weighted by Gasteiger charge is 2.11. The average molecular weight is 240 g/mol. The molecule has 1 rings (SSSR count). The number of nitrogens with zero attached hydrogens (tertiary/aromatic N) is 1. The van der Waals surface area contributed by atoms with E-state index in [1.165, 1.54) is 16.7 Å². The third-order valence-corrected chi connectivity index (χ3v) is 3.60. The van der Waals surface area contributed by atoms with Crippen LogP contribution < -0.4 is 0 Å². The molecule has 0 aliphatic rings. The number of benzene rings is 1. The molecule has 1 unspecified atom stereocenters. The van der Waals surface area contributed by atoms with E-state index in [4.69, 9.17) is 11.6 Å². The predicted octanol–water partition coefficient (Wildman–Crippen LogP) is 3.93. The Morgan fingerprint density at radius 2 is 1.75 bits per heavy atom. The number of halogens is 1. The summed E-state index contributed by atoms with van der Waals surface area (Å²) in [7, 11) is 0. The lowest BCUT2D eigenvalue weighted by molar-refractivity contribution is 0.304. The molecule has 90 valence electrons.